The molecule has 1 aromatic carbocycles. The molecule has 20 heavy (non-hydrogen) atoms. The van der Waals surface area contributed by atoms with Crippen LogP contribution in [0.25, 0.3) is 0 Å². The number of rotatable bonds is 5. The Morgan fingerprint density at radius 3 is 3.00 bits per heavy atom. The monoisotopic (exact) mass is 272 g/mol. The number of oxazole rings is 1. The van der Waals surface area contributed by atoms with Gasteiger partial charge in [0.25, 0.3) is 5.91 Å². The molecule has 0 spiro atoms. The van der Waals surface area contributed by atoms with E-state index in [9.17, 15) is 4.79 Å². The van der Waals surface area contributed by atoms with E-state index in [0.717, 1.165) is 24.2 Å². The molecular weight excluding hydrogens is 256 g/mol. The first kappa shape index (κ1) is 12.7. The average Bonchev–Trinajstić information content (AvgIpc) is 3.20. The van der Waals surface area contributed by atoms with E-state index in [1.165, 1.54) is 6.39 Å². The van der Waals surface area contributed by atoms with E-state index in [0.29, 0.717) is 23.8 Å². The molecule has 1 heterocycles. The van der Waals surface area contributed by atoms with Crippen LogP contribution in [0.15, 0.2) is 35.2 Å². The molecule has 1 saturated carbocycles. The number of methoxy groups -OCH3 is 1. The van der Waals surface area contributed by atoms with Crippen LogP contribution in [-0.2, 0) is 6.54 Å². The lowest BCUT2D eigenvalue weighted by molar-refractivity contribution is 0.0947. The van der Waals surface area contributed by atoms with Gasteiger partial charge in [0.2, 0.25) is 0 Å². The van der Waals surface area contributed by atoms with Crippen molar-refractivity contribution in [3.8, 4) is 5.75 Å². The fourth-order valence-electron chi connectivity index (χ4n) is 2.20. The standard InChI is InChI=1S/C15H16N2O3/c1-19-11-4-5-13(14(6-11)10-2-3-10)15(18)17-8-12-7-16-9-20-12/h4-7,9-10H,2-3,8H2,1H3,(H,17,18). The SMILES string of the molecule is COc1ccc(C(=O)NCc2cnco2)c(C2CC2)c1. The Balaban J connectivity index is 1.76. The second-order valence-corrected chi connectivity index (χ2v) is 4.88. The number of nitrogens with one attached hydrogen (secondary N) is 1. The number of carbonyl (C=O) groups is 1. The predicted molar refractivity (Wildman–Crippen MR) is 72.6 cm³/mol. The van der Waals surface area contributed by atoms with E-state index in [2.05, 4.69) is 10.3 Å². The Morgan fingerprint density at radius 2 is 2.35 bits per heavy atom. The number of ether oxygens (including phenoxy) is 1. The van der Waals surface area contributed by atoms with Crippen molar-refractivity contribution >= 4 is 5.91 Å². The number of benzene rings is 1. The molecule has 1 aliphatic rings. The summed E-state index contributed by atoms with van der Waals surface area (Å²) in [5.41, 5.74) is 1.78. The summed E-state index contributed by atoms with van der Waals surface area (Å²) in [5, 5.41) is 2.85. The summed E-state index contributed by atoms with van der Waals surface area (Å²) in [4.78, 5) is 16.1. The van der Waals surface area contributed by atoms with Gasteiger partial charge < -0.3 is 14.5 Å². The Labute approximate surface area is 117 Å². The fraction of sp³-hybridized carbons (Fsp3) is 0.333. The summed E-state index contributed by atoms with van der Waals surface area (Å²) in [6, 6.07) is 5.60. The second kappa shape index (κ2) is 5.36. The highest BCUT2D eigenvalue weighted by Gasteiger charge is 2.28. The smallest absolute Gasteiger partial charge is 0.251 e. The van der Waals surface area contributed by atoms with E-state index in [4.69, 9.17) is 9.15 Å². The van der Waals surface area contributed by atoms with Crippen LogP contribution in [-0.4, -0.2) is 18.0 Å². The zero-order chi connectivity index (χ0) is 13.9. The van der Waals surface area contributed by atoms with Crippen LogP contribution in [0.2, 0.25) is 0 Å². The minimum absolute atomic E-state index is 0.0917. The molecule has 1 fully saturated rings. The fourth-order valence-corrected chi connectivity index (χ4v) is 2.20. The molecule has 1 aromatic heterocycles. The van der Waals surface area contributed by atoms with E-state index >= 15 is 0 Å². The highest BCUT2D eigenvalue weighted by atomic mass is 16.5. The average molecular weight is 272 g/mol. The van der Waals surface area contributed by atoms with Crippen LogP contribution in [0.1, 0.15) is 40.4 Å². The zero-order valence-electron chi connectivity index (χ0n) is 11.3. The largest absolute Gasteiger partial charge is 0.497 e. The molecule has 0 radical (unpaired) electrons. The van der Waals surface area contributed by atoms with Gasteiger partial charge in [-0.25, -0.2) is 4.98 Å². The number of hydrogen-bond donors (Lipinski definition) is 1. The van der Waals surface area contributed by atoms with Crippen LogP contribution >= 0.6 is 0 Å². The molecule has 0 unspecified atom stereocenters. The molecule has 0 bridgehead atoms. The van der Waals surface area contributed by atoms with Gasteiger partial charge in [0, 0.05) is 5.56 Å². The van der Waals surface area contributed by atoms with Crippen molar-refractivity contribution in [3.63, 3.8) is 0 Å². The van der Waals surface area contributed by atoms with E-state index in [1.807, 2.05) is 18.2 Å². The molecule has 2 aromatic rings. The van der Waals surface area contributed by atoms with Gasteiger partial charge in [-0.1, -0.05) is 0 Å². The van der Waals surface area contributed by atoms with Crippen molar-refractivity contribution in [1.82, 2.24) is 10.3 Å². The van der Waals surface area contributed by atoms with E-state index in [1.54, 1.807) is 13.3 Å². The molecule has 0 aliphatic heterocycles. The molecule has 104 valence electrons. The Bertz CT molecular complexity index is 604. The van der Waals surface area contributed by atoms with Crippen molar-refractivity contribution < 1.29 is 13.9 Å². The molecular formula is C15H16N2O3. The van der Waals surface area contributed by atoms with Crippen LogP contribution in [0.5, 0.6) is 5.75 Å². The van der Waals surface area contributed by atoms with Crippen molar-refractivity contribution in [3.05, 3.63) is 47.7 Å². The van der Waals surface area contributed by atoms with E-state index < -0.39 is 0 Å². The first-order valence-electron chi connectivity index (χ1n) is 6.61. The quantitative estimate of drug-likeness (QED) is 0.908. The van der Waals surface area contributed by atoms with Gasteiger partial charge in [-0.2, -0.15) is 0 Å². The van der Waals surface area contributed by atoms with Gasteiger partial charge in [-0.3, -0.25) is 4.79 Å². The summed E-state index contributed by atoms with van der Waals surface area (Å²) in [5.74, 6) is 1.82. The Kier molecular flexibility index (Phi) is 3.41. The summed E-state index contributed by atoms with van der Waals surface area (Å²) in [6.07, 6.45) is 5.21. The summed E-state index contributed by atoms with van der Waals surface area (Å²) >= 11 is 0. The highest BCUT2D eigenvalue weighted by Crippen LogP contribution is 2.42. The van der Waals surface area contributed by atoms with Gasteiger partial charge >= 0.3 is 0 Å². The molecule has 5 nitrogen and oxygen atoms in total. The lowest BCUT2D eigenvalue weighted by atomic mass is 10.0. The van der Waals surface area contributed by atoms with Crippen LogP contribution in [0.4, 0.5) is 0 Å². The number of amides is 1. The van der Waals surface area contributed by atoms with Crippen molar-refractivity contribution in [2.45, 2.75) is 25.3 Å². The van der Waals surface area contributed by atoms with Crippen LogP contribution in [0, 0.1) is 0 Å². The van der Waals surface area contributed by atoms with Gasteiger partial charge in [0.15, 0.2) is 6.39 Å². The maximum Gasteiger partial charge on any atom is 0.251 e. The molecule has 1 N–H and O–H groups in total. The topological polar surface area (TPSA) is 64.4 Å². The number of aromatic nitrogens is 1. The zero-order valence-corrected chi connectivity index (χ0v) is 11.3. The summed E-state index contributed by atoms with van der Waals surface area (Å²) < 4.78 is 10.3. The Morgan fingerprint density at radius 1 is 1.50 bits per heavy atom. The molecule has 0 atom stereocenters. The normalized spacial score (nSPS) is 14.1. The molecule has 3 rings (SSSR count). The van der Waals surface area contributed by atoms with Crippen LogP contribution in [0.3, 0.4) is 0 Å². The summed E-state index contributed by atoms with van der Waals surface area (Å²) in [6.45, 7) is 0.342. The highest BCUT2D eigenvalue weighted by molar-refractivity contribution is 5.96. The lowest BCUT2D eigenvalue weighted by Gasteiger charge is -2.10. The minimum Gasteiger partial charge on any atom is -0.497 e. The maximum absolute atomic E-state index is 12.3. The third-order valence-corrected chi connectivity index (χ3v) is 3.43. The maximum atomic E-state index is 12.3. The minimum atomic E-state index is -0.0917. The van der Waals surface area contributed by atoms with Gasteiger partial charge in [0.05, 0.1) is 19.9 Å². The third kappa shape index (κ3) is 2.66. The molecule has 1 amide bonds. The molecule has 1 aliphatic carbocycles. The first-order chi connectivity index (χ1) is 9.78. The summed E-state index contributed by atoms with van der Waals surface area (Å²) in [7, 11) is 1.63. The van der Waals surface area contributed by atoms with Crippen molar-refractivity contribution in [2.24, 2.45) is 0 Å². The van der Waals surface area contributed by atoms with Gasteiger partial charge in [-0.05, 0) is 42.5 Å². The van der Waals surface area contributed by atoms with Gasteiger partial charge in [-0.15, -0.1) is 0 Å². The number of carbonyl (C=O) groups excluding carboxylic acids is 1. The number of nitrogens with zero attached hydrogens (tertiary/aromatic N) is 1. The Hall–Kier alpha value is -2.30. The van der Waals surface area contributed by atoms with Crippen LogP contribution < -0.4 is 10.1 Å². The lowest BCUT2D eigenvalue weighted by Crippen LogP contribution is -2.23. The second-order valence-electron chi connectivity index (χ2n) is 4.88. The van der Waals surface area contributed by atoms with Crippen molar-refractivity contribution in [2.75, 3.05) is 7.11 Å². The molecule has 5 heteroatoms. The first-order valence-corrected chi connectivity index (χ1v) is 6.61. The van der Waals surface area contributed by atoms with Crippen molar-refractivity contribution in [1.29, 1.82) is 0 Å². The number of hydrogen-bond acceptors (Lipinski definition) is 4. The molecule has 0 saturated heterocycles. The van der Waals surface area contributed by atoms with Gasteiger partial charge in [0.1, 0.15) is 11.5 Å². The third-order valence-electron chi connectivity index (χ3n) is 3.43. The predicted octanol–water partition coefficient (Wildman–Crippen LogP) is 2.49. The van der Waals surface area contributed by atoms with E-state index in [-0.39, 0.29) is 5.91 Å².